The molecule has 2 rings (SSSR count). The molecule has 18 heavy (non-hydrogen) atoms. The van der Waals surface area contributed by atoms with Gasteiger partial charge in [0.1, 0.15) is 0 Å². The highest BCUT2D eigenvalue weighted by Crippen LogP contribution is 2.18. The summed E-state index contributed by atoms with van der Waals surface area (Å²) in [5.41, 5.74) is 0. The van der Waals surface area contributed by atoms with Gasteiger partial charge >= 0.3 is 0 Å². The molecule has 2 heterocycles. The van der Waals surface area contributed by atoms with Crippen molar-refractivity contribution in [1.82, 2.24) is 14.7 Å². The third-order valence-corrected chi connectivity index (χ3v) is 4.19. The predicted octanol–water partition coefficient (Wildman–Crippen LogP) is 0.0261. The van der Waals surface area contributed by atoms with Gasteiger partial charge < -0.3 is 0 Å². The molecule has 1 aliphatic heterocycles. The Morgan fingerprint density at radius 2 is 2.28 bits per heavy atom. The van der Waals surface area contributed by atoms with E-state index in [0.717, 1.165) is 26.1 Å². The van der Waals surface area contributed by atoms with Crippen LogP contribution >= 0.6 is 0 Å². The summed E-state index contributed by atoms with van der Waals surface area (Å²) in [5, 5.41) is 9.21. The van der Waals surface area contributed by atoms with E-state index in [0.29, 0.717) is 12.5 Å². The quantitative estimate of drug-likeness (QED) is 0.792. The van der Waals surface area contributed by atoms with Crippen LogP contribution in [0.3, 0.4) is 0 Å². The minimum Gasteiger partial charge on any atom is -0.299 e. The molecule has 0 spiro atoms. The second kappa shape index (κ2) is 5.81. The second-order valence-electron chi connectivity index (χ2n) is 4.78. The average Bonchev–Trinajstić information content (AvgIpc) is 2.90. The van der Waals surface area contributed by atoms with Crippen molar-refractivity contribution in [3.63, 3.8) is 0 Å². The fourth-order valence-corrected chi connectivity index (χ4v) is 3.02. The minimum absolute atomic E-state index is 0.0675. The van der Waals surface area contributed by atoms with Gasteiger partial charge in [-0.2, -0.15) is 5.10 Å². The molecule has 0 radical (unpaired) electrons. The number of nitrogens with zero attached hydrogens (tertiary/aromatic N) is 3. The summed E-state index contributed by atoms with van der Waals surface area (Å²) in [6.45, 7) is 2.71. The lowest BCUT2D eigenvalue weighted by atomic mass is 10.2. The van der Waals surface area contributed by atoms with Crippen LogP contribution in [0.15, 0.2) is 18.5 Å². The zero-order valence-corrected chi connectivity index (χ0v) is 11.2. The molecule has 1 fully saturated rings. The van der Waals surface area contributed by atoms with Crippen LogP contribution in [0.25, 0.3) is 0 Å². The van der Waals surface area contributed by atoms with Crippen LogP contribution in [0.2, 0.25) is 0 Å². The van der Waals surface area contributed by atoms with E-state index in [2.05, 4.69) is 10.00 Å². The van der Waals surface area contributed by atoms with Gasteiger partial charge in [0.25, 0.3) is 0 Å². The Balaban J connectivity index is 1.80. The first kappa shape index (κ1) is 13.5. The topological polar surface area (TPSA) is 81.2 Å². The molecule has 7 heteroatoms. The molecule has 0 bridgehead atoms. The lowest BCUT2D eigenvalue weighted by Gasteiger charge is -2.24. The fraction of sp³-hybridized carbons (Fsp3) is 0.727. The zero-order valence-electron chi connectivity index (χ0n) is 10.4. The molecule has 1 aromatic heterocycles. The lowest BCUT2D eigenvalue weighted by molar-refractivity contribution is 0.228. The SMILES string of the molecule is NS(=O)(=O)CCCN1CCC[C@@H]1Cn1cccn1. The Morgan fingerprint density at radius 1 is 1.44 bits per heavy atom. The molecular formula is C11H20N4O2S. The molecule has 102 valence electrons. The number of nitrogens with two attached hydrogens (primary N) is 1. The van der Waals surface area contributed by atoms with E-state index in [1.165, 1.54) is 6.42 Å². The number of sulfonamides is 1. The monoisotopic (exact) mass is 272 g/mol. The van der Waals surface area contributed by atoms with Gasteiger partial charge in [-0.15, -0.1) is 0 Å². The molecule has 1 aliphatic rings. The van der Waals surface area contributed by atoms with Crippen molar-refractivity contribution in [3.05, 3.63) is 18.5 Å². The number of likely N-dealkylation sites (tertiary alicyclic amines) is 1. The van der Waals surface area contributed by atoms with Crippen LogP contribution in [0.4, 0.5) is 0 Å². The van der Waals surface area contributed by atoms with Crippen LogP contribution in [0.5, 0.6) is 0 Å². The maximum atomic E-state index is 10.9. The first-order chi connectivity index (χ1) is 8.54. The summed E-state index contributed by atoms with van der Waals surface area (Å²) < 4.78 is 23.7. The van der Waals surface area contributed by atoms with Crippen molar-refractivity contribution in [1.29, 1.82) is 0 Å². The third kappa shape index (κ3) is 4.08. The van der Waals surface area contributed by atoms with Gasteiger partial charge in [-0.3, -0.25) is 9.58 Å². The van der Waals surface area contributed by atoms with Gasteiger partial charge in [0.2, 0.25) is 10.0 Å². The summed E-state index contributed by atoms with van der Waals surface area (Å²) in [5.74, 6) is 0.0675. The molecule has 1 saturated heterocycles. The number of aromatic nitrogens is 2. The normalized spacial score (nSPS) is 21.5. The molecule has 0 aromatic carbocycles. The minimum atomic E-state index is -3.33. The molecule has 0 aliphatic carbocycles. The van der Waals surface area contributed by atoms with Crippen LogP contribution in [-0.4, -0.2) is 48.0 Å². The molecule has 2 N–H and O–H groups in total. The Hall–Kier alpha value is -0.920. The molecule has 6 nitrogen and oxygen atoms in total. The Morgan fingerprint density at radius 3 is 2.94 bits per heavy atom. The zero-order chi connectivity index (χ0) is 13.0. The first-order valence-corrected chi connectivity index (χ1v) is 7.98. The van der Waals surface area contributed by atoms with Crippen LogP contribution in [-0.2, 0) is 16.6 Å². The average molecular weight is 272 g/mol. The summed E-state index contributed by atoms with van der Waals surface area (Å²) in [4.78, 5) is 2.34. The van der Waals surface area contributed by atoms with Gasteiger partial charge in [-0.25, -0.2) is 13.6 Å². The highest BCUT2D eigenvalue weighted by molar-refractivity contribution is 7.89. The van der Waals surface area contributed by atoms with E-state index in [9.17, 15) is 8.42 Å². The van der Waals surface area contributed by atoms with E-state index < -0.39 is 10.0 Å². The predicted molar refractivity (Wildman–Crippen MR) is 69.4 cm³/mol. The lowest BCUT2D eigenvalue weighted by Crippen LogP contribution is -2.35. The summed E-state index contributed by atoms with van der Waals surface area (Å²) >= 11 is 0. The van der Waals surface area contributed by atoms with Crippen LogP contribution < -0.4 is 5.14 Å². The van der Waals surface area contributed by atoms with Crippen molar-refractivity contribution < 1.29 is 8.42 Å². The van der Waals surface area contributed by atoms with Crippen LogP contribution in [0, 0.1) is 0 Å². The maximum Gasteiger partial charge on any atom is 0.209 e. The molecule has 0 saturated carbocycles. The van der Waals surface area contributed by atoms with Gasteiger partial charge in [0.05, 0.1) is 12.3 Å². The third-order valence-electron chi connectivity index (χ3n) is 3.33. The molecule has 1 atom stereocenters. The first-order valence-electron chi connectivity index (χ1n) is 6.26. The number of hydrogen-bond acceptors (Lipinski definition) is 4. The van der Waals surface area contributed by atoms with E-state index in [1.54, 1.807) is 6.20 Å². The second-order valence-corrected chi connectivity index (χ2v) is 6.51. The van der Waals surface area contributed by atoms with E-state index in [1.807, 2.05) is 16.9 Å². The smallest absolute Gasteiger partial charge is 0.209 e. The molecule has 1 aromatic rings. The van der Waals surface area contributed by atoms with Crippen LogP contribution in [0.1, 0.15) is 19.3 Å². The van der Waals surface area contributed by atoms with Crippen molar-refractivity contribution in [2.45, 2.75) is 31.8 Å². The fourth-order valence-electron chi connectivity index (χ4n) is 2.49. The Labute approximate surface area is 108 Å². The summed E-state index contributed by atoms with van der Waals surface area (Å²) in [6, 6.07) is 2.38. The van der Waals surface area contributed by atoms with Gasteiger partial charge in [-0.1, -0.05) is 0 Å². The molecule has 0 unspecified atom stereocenters. The highest BCUT2D eigenvalue weighted by atomic mass is 32.2. The van der Waals surface area contributed by atoms with Crippen molar-refractivity contribution in [3.8, 4) is 0 Å². The standard InChI is InChI=1S/C11H20N4O2S/c12-18(16,17)9-3-7-14-6-1-4-11(14)10-15-8-2-5-13-15/h2,5,8,11H,1,3-4,6-7,9-10H2,(H2,12,16,17)/t11-/m1/s1. The van der Waals surface area contributed by atoms with Gasteiger partial charge in [-0.05, 0) is 38.4 Å². The molecule has 0 amide bonds. The Bertz CT molecular complexity index is 457. The highest BCUT2D eigenvalue weighted by Gasteiger charge is 2.24. The largest absolute Gasteiger partial charge is 0.299 e. The van der Waals surface area contributed by atoms with Crippen molar-refractivity contribution >= 4 is 10.0 Å². The number of primary sulfonamides is 1. The van der Waals surface area contributed by atoms with Gasteiger partial charge in [0, 0.05) is 18.4 Å². The van der Waals surface area contributed by atoms with Crippen molar-refractivity contribution in [2.24, 2.45) is 5.14 Å². The number of rotatable bonds is 6. The summed E-state index contributed by atoms with van der Waals surface area (Å²) in [7, 11) is -3.33. The van der Waals surface area contributed by atoms with Crippen molar-refractivity contribution in [2.75, 3.05) is 18.8 Å². The van der Waals surface area contributed by atoms with E-state index >= 15 is 0 Å². The Kier molecular flexibility index (Phi) is 4.36. The van der Waals surface area contributed by atoms with E-state index in [-0.39, 0.29) is 5.75 Å². The summed E-state index contributed by atoms with van der Waals surface area (Å²) in [6.07, 6.45) is 6.66. The molecular weight excluding hydrogens is 252 g/mol. The number of hydrogen-bond donors (Lipinski definition) is 1. The van der Waals surface area contributed by atoms with Gasteiger partial charge in [0.15, 0.2) is 0 Å². The van der Waals surface area contributed by atoms with E-state index in [4.69, 9.17) is 5.14 Å². The maximum absolute atomic E-state index is 10.9.